The smallest absolute Gasteiger partial charge is 0.162 e. The Morgan fingerprint density at radius 2 is 1.38 bits per heavy atom. The van der Waals surface area contributed by atoms with Crippen LogP contribution in [0.25, 0.3) is 11.3 Å². The highest BCUT2D eigenvalue weighted by atomic mass is 32.1. The predicted molar refractivity (Wildman–Crippen MR) is 105 cm³/mol. The predicted octanol–water partition coefficient (Wildman–Crippen LogP) is 5.19. The highest BCUT2D eigenvalue weighted by Crippen LogP contribution is 2.28. The van der Waals surface area contributed by atoms with E-state index in [4.69, 9.17) is 0 Å². The number of thiocarbonyl (C=S) groups is 1. The third-order valence-electron chi connectivity index (χ3n) is 3.38. The quantitative estimate of drug-likeness (QED) is 0.438. The molecule has 1 aromatic heterocycles. The lowest BCUT2D eigenvalue weighted by molar-refractivity contribution is 0.101. The number of rotatable bonds is 3. The second kappa shape index (κ2) is 10.3. The van der Waals surface area contributed by atoms with Crippen molar-refractivity contribution in [2.45, 2.75) is 27.7 Å². The van der Waals surface area contributed by atoms with Crippen LogP contribution in [0.4, 0.5) is 0 Å². The summed E-state index contributed by atoms with van der Waals surface area (Å²) in [7, 11) is 0. The SMILES string of the molecule is C=C.C=S.CC(=O)c1c(C)nc(-c2ccccc2)c(C(C)=O)c1C. The summed E-state index contributed by atoms with van der Waals surface area (Å²) in [6.07, 6.45) is 0. The average molecular weight is 341 g/mol. The molecule has 0 spiro atoms. The molecule has 0 N–H and O–H groups in total. The highest BCUT2D eigenvalue weighted by Gasteiger charge is 2.20. The van der Waals surface area contributed by atoms with Crippen LogP contribution in [0.3, 0.4) is 0 Å². The lowest BCUT2D eigenvalue weighted by Gasteiger charge is -2.15. The van der Waals surface area contributed by atoms with Gasteiger partial charge in [-0.3, -0.25) is 14.6 Å². The minimum Gasteiger partial charge on any atom is -0.294 e. The molecule has 24 heavy (non-hydrogen) atoms. The third-order valence-corrected chi connectivity index (χ3v) is 3.38. The summed E-state index contributed by atoms with van der Waals surface area (Å²) in [4.78, 5) is 28.3. The molecule has 0 fully saturated rings. The number of carbonyl (C=O) groups is 2. The Morgan fingerprint density at radius 1 is 0.917 bits per heavy atom. The van der Waals surface area contributed by atoms with Crippen LogP contribution in [0.1, 0.15) is 45.8 Å². The normalized spacial score (nSPS) is 9.00. The van der Waals surface area contributed by atoms with Gasteiger partial charge < -0.3 is 0 Å². The summed E-state index contributed by atoms with van der Waals surface area (Å²) in [6, 6.07) is 9.57. The Balaban J connectivity index is 0.00000123. The van der Waals surface area contributed by atoms with Gasteiger partial charge in [0, 0.05) is 22.4 Å². The maximum absolute atomic E-state index is 12.0. The fourth-order valence-corrected chi connectivity index (χ4v) is 2.61. The Labute approximate surface area is 149 Å². The van der Waals surface area contributed by atoms with Crippen molar-refractivity contribution in [3.63, 3.8) is 0 Å². The molecule has 2 rings (SSSR count). The van der Waals surface area contributed by atoms with Gasteiger partial charge in [-0.1, -0.05) is 42.5 Å². The number of ketones is 2. The van der Waals surface area contributed by atoms with E-state index in [2.05, 4.69) is 36.2 Å². The molecule has 4 heteroatoms. The molecule has 1 heterocycles. The number of carbonyl (C=O) groups excluding carboxylic acids is 2. The number of aromatic nitrogens is 1. The maximum atomic E-state index is 12.0. The van der Waals surface area contributed by atoms with E-state index in [1.165, 1.54) is 13.8 Å². The van der Waals surface area contributed by atoms with Crippen molar-refractivity contribution in [1.29, 1.82) is 0 Å². The second-order valence-electron chi connectivity index (χ2n) is 4.90. The van der Waals surface area contributed by atoms with Crippen LogP contribution in [-0.4, -0.2) is 22.4 Å². The van der Waals surface area contributed by atoms with Crippen molar-refractivity contribution >= 4 is 29.7 Å². The Morgan fingerprint density at radius 3 is 1.79 bits per heavy atom. The standard InChI is InChI=1S/C17H17NO2.C2H4.CH2S/c1-10-15(12(3)19)11(2)18-17(16(10)13(4)20)14-8-6-5-7-9-14;2*1-2/h5-9H,1-4H3;1-2H2;1H2. The van der Waals surface area contributed by atoms with Crippen molar-refractivity contribution in [2.75, 3.05) is 0 Å². The number of hydrogen-bond acceptors (Lipinski definition) is 4. The molecule has 2 aromatic rings. The Bertz CT molecular complexity index is 722. The number of benzene rings is 1. The first kappa shape index (κ1) is 21.5. The number of hydrogen-bond donors (Lipinski definition) is 0. The van der Waals surface area contributed by atoms with E-state index in [-0.39, 0.29) is 11.6 Å². The van der Waals surface area contributed by atoms with Gasteiger partial charge in [-0.25, -0.2) is 0 Å². The van der Waals surface area contributed by atoms with Crippen LogP contribution in [0.15, 0.2) is 43.5 Å². The zero-order valence-corrected chi connectivity index (χ0v) is 15.5. The van der Waals surface area contributed by atoms with Crippen LogP contribution < -0.4 is 0 Å². The van der Waals surface area contributed by atoms with E-state index < -0.39 is 0 Å². The first-order valence-corrected chi connectivity index (χ1v) is 7.88. The molecule has 0 aliphatic carbocycles. The maximum Gasteiger partial charge on any atom is 0.162 e. The van der Waals surface area contributed by atoms with Crippen molar-refractivity contribution < 1.29 is 9.59 Å². The van der Waals surface area contributed by atoms with E-state index >= 15 is 0 Å². The lowest BCUT2D eigenvalue weighted by atomic mass is 9.92. The van der Waals surface area contributed by atoms with Gasteiger partial charge in [0.05, 0.1) is 5.69 Å². The summed E-state index contributed by atoms with van der Waals surface area (Å²) in [6.45, 7) is 12.6. The van der Waals surface area contributed by atoms with E-state index in [0.717, 1.165) is 11.1 Å². The molecule has 0 radical (unpaired) electrons. The fourth-order valence-electron chi connectivity index (χ4n) is 2.61. The van der Waals surface area contributed by atoms with Crippen molar-refractivity contribution in [3.8, 4) is 11.3 Å². The molecule has 3 nitrogen and oxygen atoms in total. The molecular weight excluding hydrogens is 318 g/mol. The molecule has 0 amide bonds. The van der Waals surface area contributed by atoms with Gasteiger partial charge in [0.15, 0.2) is 11.6 Å². The highest BCUT2D eigenvalue weighted by molar-refractivity contribution is 7.77. The topological polar surface area (TPSA) is 47.0 Å². The molecule has 0 unspecified atom stereocenters. The van der Waals surface area contributed by atoms with Gasteiger partial charge >= 0.3 is 0 Å². The average Bonchev–Trinajstić information content (AvgIpc) is 2.58. The molecule has 0 saturated carbocycles. The van der Waals surface area contributed by atoms with Gasteiger partial charge in [-0.2, -0.15) is 0 Å². The van der Waals surface area contributed by atoms with Crippen molar-refractivity contribution in [3.05, 3.63) is 65.9 Å². The van der Waals surface area contributed by atoms with Gasteiger partial charge in [-0.15, -0.1) is 13.2 Å². The van der Waals surface area contributed by atoms with E-state index in [1.807, 2.05) is 37.3 Å². The van der Waals surface area contributed by atoms with Crippen LogP contribution in [0.2, 0.25) is 0 Å². The van der Waals surface area contributed by atoms with Crippen molar-refractivity contribution in [2.24, 2.45) is 0 Å². The Hall–Kier alpha value is -2.46. The largest absolute Gasteiger partial charge is 0.294 e. The number of aryl methyl sites for hydroxylation is 1. The molecule has 0 aliphatic heterocycles. The van der Waals surface area contributed by atoms with Crippen LogP contribution >= 0.6 is 12.2 Å². The molecule has 126 valence electrons. The third kappa shape index (κ3) is 4.77. The molecule has 1 aromatic carbocycles. The van der Waals surface area contributed by atoms with E-state index in [9.17, 15) is 9.59 Å². The first-order valence-electron chi connectivity index (χ1n) is 7.30. The van der Waals surface area contributed by atoms with Crippen molar-refractivity contribution in [1.82, 2.24) is 4.98 Å². The first-order chi connectivity index (χ1) is 11.4. The van der Waals surface area contributed by atoms with E-state index in [1.54, 1.807) is 6.92 Å². The second-order valence-corrected chi connectivity index (χ2v) is 4.90. The van der Waals surface area contributed by atoms with Crippen LogP contribution in [0.5, 0.6) is 0 Å². The minimum absolute atomic E-state index is 0.0605. The fraction of sp³-hybridized carbons (Fsp3) is 0.200. The van der Waals surface area contributed by atoms with Gasteiger partial charge in [-0.05, 0) is 39.1 Å². The number of nitrogens with zero attached hydrogens (tertiary/aromatic N) is 1. The monoisotopic (exact) mass is 341 g/mol. The van der Waals surface area contributed by atoms with Gasteiger partial charge in [0.2, 0.25) is 0 Å². The molecular formula is C20H23NO2S. The zero-order valence-electron chi connectivity index (χ0n) is 14.7. The Kier molecular flexibility index (Phi) is 9.28. The summed E-state index contributed by atoms with van der Waals surface area (Å²) in [5, 5.41) is 0. The van der Waals surface area contributed by atoms with Gasteiger partial charge in [0.1, 0.15) is 0 Å². The molecule has 0 bridgehead atoms. The lowest BCUT2D eigenvalue weighted by Crippen LogP contribution is -2.11. The summed E-state index contributed by atoms with van der Waals surface area (Å²) in [5.74, 6) is 2.70. The van der Waals surface area contributed by atoms with Gasteiger partial charge in [0.25, 0.3) is 0 Å². The summed E-state index contributed by atoms with van der Waals surface area (Å²) < 4.78 is 0. The van der Waals surface area contributed by atoms with Crippen LogP contribution in [0, 0.1) is 13.8 Å². The number of Topliss-reactive ketones (excluding diaryl/α,β-unsaturated/α-hetero) is 2. The number of pyridine rings is 1. The summed E-state index contributed by atoms with van der Waals surface area (Å²) >= 11 is 3.83. The molecule has 0 atom stereocenters. The zero-order chi connectivity index (χ0) is 18.9. The summed E-state index contributed by atoms with van der Waals surface area (Å²) in [5.41, 5.74) is 4.01. The molecule has 0 saturated heterocycles. The minimum atomic E-state index is -0.0728. The van der Waals surface area contributed by atoms with Crippen LogP contribution in [-0.2, 0) is 0 Å². The van der Waals surface area contributed by atoms with E-state index in [0.29, 0.717) is 22.5 Å². The molecule has 0 aliphatic rings.